The van der Waals surface area contributed by atoms with Crippen LogP contribution in [0.1, 0.15) is 97.5 Å². The van der Waals surface area contributed by atoms with E-state index >= 15 is 0 Å². The minimum Gasteiger partial charge on any atom is -0.495 e. The summed E-state index contributed by atoms with van der Waals surface area (Å²) in [6.45, 7) is 10.4. The van der Waals surface area contributed by atoms with Crippen LogP contribution >= 0.6 is 0 Å². The second-order valence-corrected chi connectivity index (χ2v) is 14.9. The summed E-state index contributed by atoms with van der Waals surface area (Å²) in [4.78, 5) is 32.9. The van der Waals surface area contributed by atoms with Crippen molar-refractivity contribution in [2.45, 2.75) is 98.8 Å². The van der Waals surface area contributed by atoms with E-state index in [1.807, 2.05) is 30.9 Å². The molecule has 282 valence electrons. The highest BCUT2D eigenvalue weighted by molar-refractivity contribution is 7.91. The number of benzene rings is 2. The molecule has 0 fully saturated rings. The van der Waals surface area contributed by atoms with Gasteiger partial charge >= 0.3 is 5.91 Å². The van der Waals surface area contributed by atoms with Crippen LogP contribution in [0.15, 0.2) is 41.4 Å². The largest absolute Gasteiger partial charge is 0.495 e. The normalized spacial score (nSPS) is 12.0. The minimum atomic E-state index is -3.41. The van der Waals surface area contributed by atoms with Crippen molar-refractivity contribution in [3.63, 3.8) is 0 Å². The van der Waals surface area contributed by atoms with E-state index in [-0.39, 0.29) is 29.7 Å². The zero-order valence-corrected chi connectivity index (χ0v) is 32.2. The lowest BCUT2D eigenvalue weighted by molar-refractivity contribution is -0.118. The monoisotopic (exact) mass is 726 g/mol. The molecular weight excluding hydrogens is 669 g/mol. The summed E-state index contributed by atoms with van der Waals surface area (Å²) in [5.41, 5.74) is 2.76. The summed E-state index contributed by atoms with van der Waals surface area (Å²) in [6.07, 6.45) is 13.6. The third-order valence-electron chi connectivity index (χ3n) is 8.44. The summed E-state index contributed by atoms with van der Waals surface area (Å²) in [5.74, 6) is 0.496. The van der Waals surface area contributed by atoms with Crippen molar-refractivity contribution in [1.29, 1.82) is 0 Å². The van der Waals surface area contributed by atoms with Crippen LogP contribution in [0, 0.1) is 24.9 Å². The Bertz CT molecular complexity index is 1600. The van der Waals surface area contributed by atoms with Gasteiger partial charge in [-0.05, 0) is 62.2 Å². The number of sulfone groups is 1. The van der Waals surface area contributed by atoms with Crippen molar-refractivity contribution < 1.29 is 32.6 Å². The number of carbonyl (C=O) groups excluding carboxylic acids is 2. The molecule has 0 radical (unpaired) electrons. The highest BCUT2D eigenvalue weighted by Gasteiger charge is 2.23. The Balaban J connectivity index is 2.06. The molecule has 0 spiro atoms. The van der Waals surface area contributed by atoms with Crippen LogP contribution in [0.4, 0.5) is 22.7 Å². The fourth-order valence-corrected chi connectivity index (χ4v) is 7.28. The van der Waals surface area contributed by atoms with Gasteiger partial charge in [0.25, 0.3) is 5.90 Å². The van der Waals surface area contributed by atoms with Crippen LogP contribution in [-0.2, 0) is 24.2 Å². The zero-order valence-electron chi connectivity index (χ0n) is 31.3. The highest BCUT2D eigenvalue weighted by Crippen LogP contribution is 2.29. The van der Waals surface area contributed by atoms with Gasteiger partial charge in [0.1, 0.15) is 11.9 Å². The first-order chi connectivity index (χ1) is 24.5. The lowest BCUT2D eigenvalue weighted by Crippen LogP contribution is -2.28. The summed E-state index contributed by atoms with van der Waals surface area (Å²) >= 11 is 0. The molecule has 0 aliphatic rings. The van der Waals surface area contributed by atoms with E-state index in [1.54, 1.807) is 32.0 Å². The molecule has 1 unspecified atom stereocenters. The van der Waals surface area contributed by atoms with Crippen molar-refractivity contribution >= 4 is 50.3 Å². The summed E-state index contributed by atoms with van der Waals surface area (Å²) in [6, 6.07) is 10.2. The van der Waals surface area contributed by atoms with Gasteiger partial charge in [0, 0.05) is 37.3 Å². The van der Waals surface area contributed by atoms with Crippen molar-refractivity contribution in [3.8, 4) is 17.8 Å². The Labute approximate surface area is 305 Å². The molecular formula is C39H58N4O7S. The Morgan fingerprint density at radius 2 is 1.63 bits per heavy atom. The predicted octanol–water partition coefficient (Wildman–Crippen LogP) is 7.40. The van der Waals surface area contributed by atoms with Crippen LogP contribution < -0.4 is 20.3 Å². The standard InChI is InChI=1S/C39H58N4O7S/c1-7-10-11-12-13-14-15-16-17-18-26-51(47,48)29-31(5)37(45)40-32-19-22-36(49-6)35(28-32)41-38(46)39(50-25-8-2)42-34-21-20-33(27-30(34)4)43(9-3)23-24-44/h19-22,27-28,31,44H,7,9-18,23-24,26,29H2,1-6H3,(H,40,45)(H,41,46). The molecule has 51 heavy (non-hydrogen) atoms. The zero-order chi connectivity index (χ0) is 37.6. The first kappa shape index (κ1) is 43.1. The Morgan fingerprint density at radius 3 is 2.22 bits per heavy atom. The number of aliphatic imine (C=N–C) groups is 1. The molecule has 3 N–H and O–H groups in total. The Kier molecular flexibility index (Phi) is 19.8. The number of aliphatic hydroxyl groups is 1. The van der Waals surface area contributed by atoms with Crippen molar-refractivity contribution in [1.82, 2.24) is 0 Å². The number of methoxy groups -OCH3 is 1. The van der Waals surface area contributed by atoms with E-state index in [0.29, 0.717) is 36.6 Å². The average Bonchev–Trinajstić information content (AvgIpc) is 3.10. The molecule has 2 rings (SSSR count). The highest BCUT2D eigenvalue weighted by atomic mass is 32.2. The van der Waals surface area contributed by atoms with Gasteiger partial charge in [0.05, 0.1) is 36.6 Å². The number of aryl methyl sites for hydroxylation is 1. The third-order valence-corrected chi connectivity index (χ3v) is 10.4. The fraction of sp³-hybridized carbons (Fsp3) is 0.564. The number of hydrogen-bond acceptors (Lipinski definition) is 9. The predicted molar refractivity (Wildman–Crippen MR) is 208 cm³/mol. The van der Waals surface area contributed by atoms with Gasteiger partial charge in [-0.3, -0.25) is 9.59 Å². The van der Waals surface area contributed by atoms with Gasteiger partial charge in [-0.2, -0.15) is 0 Å². The number of anilines is 3. The van der Waals surface area contributed by atoms with E-state index in [0.717, 1.165) is 30.5 Å². The average molecular weight is 727 g/mol. The van der Waals surface area contributed by atoms with Crippen LogP contribution in [0.3, 0.4) is 0 Å². The molecule has 0 heterocycles. The van der Waals surface area contributed by atoms with Gasteiger partial charge in [-0.25, -0.2) is 13.4 Å². The number of rotatable bonds is 22. The molecule has 0 aliphatic carbocycles. The van der Waals surface area contributed by atoms with Gasteiger partial charge < -0.3 is 30.1 Å². The van der Waals surface area contributed by atoms with Crippen LogP contribution in [0.25, 0.3) is 0 Å². The van der Waals surface area contributed by atoms with E-state index in [2.05, 4.69) is 34.6 Å². The molecule has 2 amide bonds. The molecule has 2 aromatic carbocycles. The van der Waals surface area contributed by atoms with Crippen molar-refractivity contribution in [3.05, 3.63) is 42.0 Å². The third kappa shape index (κ3) is 15.8. The van der Waals surface area contributed by atoms with Crippen LogP contribution in [0.2, 0.25) is 0 Å². The minimum absolute atomic E-state index is 0.0232. The first-order valence-electron chi connectivity index (χ1n) is 18.1. The van der Waals surface area contributed by atoms with E-state index in [4.69, 9.17) is 9.47 Å². The fourth-order valence-electron chi connectivity index (χ4n) is 5.55. The van der Waals surface area contributed by atoms with Gasteiger partial charge in [-0.1, -0.05) is 77.6 Å². The number of nitrogens with zero attached hydrogens (tertiary/aromatic N) is 2. The lowest BCUT2D eigenvalue weighted by atomic mass is 10.1. The SMILES string of the molecule is CC#COC(=Nc1ccc(N(CC)CCO)cc1C)C(=O)Nc1cc(NC(=O)C(C)CS(=O)(=O)CCCCCCCCCCCC)ccc1OC. The first-order valence-corrected chi connectivity index (χ1v) is 19.9. The molecule has 0 aromatic heterocycles. The molecule has 0 saturated carbocycles. The van der Waals surface area contributed by atoms with Crippen LogP contribution in [0.5, 0.6) is 5.75 Å². The number of ether oxygens (including phenoxy) is 2. The van der Waals surface area contributed by atoms with Gasteiger partial charge in [0.2, 0.25) is 5.91 Å². The Hall–Kier alpha value is -4.08. The Morgan fingerprint density at radius 1 is 0.961 bits per heavy atom. The van der Waals surface area contributed by atoms with E-state index in [1.165, 1.54) is 51.7 Å². The number of unbranched alkanes of at least 4 members (excludes halogenated alkanes) is 9. The topological polar surface area (TPSA) is 147 Å². The second-order valence-electron chi connectivity index (χ2n) is 12.7. The van der Waals surface area contributed by atoms with Crippen LogP contribution in [-0.4, -0.2) is 69.5 Å². The van der Waals surface area contributed by atoms with E-state index in [9.17, 15) is 23.1 Å². The maximum absolute atomic E-state index is 13.4. The summed E-state index contributed by atoms with van der Waals surface area (Å²) in [7, 11) is -1.96. The number of carbonyl (C=O) groups is 2. The molecule has 0 aliphatic heterocycles. The quantitative estimate of drug-likeness (QED) is 0.0493. The van der Waals surface area contributed by atoms with Gasteiger partial charge in [-0.15, -0.1) is 0 Å². The number of likely N-dealkylation sites (N-methyl/N-ethyl adjacent to an activating group) is 1. The molecule has 0 saturated heterocycles. The molecule has 12 heteroatoms. The maximum atomic E-state index is 13.4. The molecule has 0 bridgehead atoms. The number of amides is 2. The molecule has 11 nitrogen and oxygen atoms in total. The number of aliphatic hydroxyl groups excluding tert-OH is 1. The van der Waals surface area contributed by atoms with Crippen molar-refractivity contribution in [2.75, 3.05) is 53.8 Å². The molecule has 2 aromatic rings. The van der Waals surface area contributed by atoms with E-state index < -0.39 is 27.6 Å². The number of hydrogen-bond donors (Lipinski definition) is 3. The lowest BCUT2D eigenvalue weighted by Gasteiger charge is -2.22. The summed E-state index contributed by atoms with van der Waals surface area (Å²) < 4.78 is 36.4. The maximum Gasteiger partial charge on any atom is 0.312 e. The molecule has 1 atom stereocenters. The second kappa shape index (κ2) is 23.4. The van der Waals surface area contributed by atoms with Gasteiger partial charge in [0.15, 0.2) is 9.84 Å². The van der Waals surface area contributed by atoms with Crippen molar-refractivity contribution in [2.24, 2.45) is 10.9 Å². The summed E-state index contributed by atoms with van der Waals surface area (Å²) in [5, 5.41) is 14.9. The number of nitrogens with one attached hydrogen (secondary N) is 2. The smallest absolute Gasteiger partial charge is 0.312 e.